The summed E-state index contributed by atoms with van der Waals surface area (Å²) in [6.07, 6.45) is 0. The highest BCUT2D eigenvalue weighted by Crippen LogP contribution is 2.35. The Bertz CT molecular complexity index is 827. The normalized spacial score (nSPS) is 15.6. The summed E-state index contributed by atoms with van der Waals surface area (Å²) in [6.45, 7) is 5.68. The average Bonchev–Trinajstić information content (AvgIpc) is 2.74. The molecule has 0 saturated carbocycles. The zero-order chi connectivity index (χ0) is 20.8. The monoisotopic (exact) mass is 462 g/mol. The number of ether oxygens (including phenoxy) is 3. The Balaban J connectivity index is 1.79. The van der Waals surface area contributed by atoms with Crippen LogP contribution in [0, 0.1) is 6.92 Å². The van der Waals surface area contributed by atoms with Crippen molar-refractivity contribution in [3.05, 3.63) is 57.6 Å². The van der Waals surface area contributed by atoms with Crippen molar-refractivity contribution in [2.24, 2.45) is 0 Å². The molecule has 2 aromatic rings. The van der Waals surface area contributed by atoms with E-state index in [0.29, 0.717) is 41.3 Å². The maximum atomic E-state index is 12.9. The number of morpholine rings is 1. The van der Waals surface area contributed by atoms with Crippen molar-refractivity contribution in [2.45, 2.75) is 13.0 Å². The first kappa shape index (κ1) is 21.6. The number of benzene rings is 2. The van der Waals surface area contributed by atoms with Gasteiger partial charge in [-0.2, -0.15) is 0 Å². The van der Waals surface area contributed by atoms with Crippen molar-refractivity contribution in [2.75, 3.05) is 47.1 Å². The predicted molar refractivity (Wildman–Crippen MR) is 116 cm³/mol. The maximum absolute atomic E-state index is 12.9. The zero-order valence-electron chi connectivity index (χ0n) is 17.0. The van der Waals surface area contributed by atoms with E-state index in [0.717, 1.165) is 13.1 Å². The van der Waals surface area contributed by atoms with Crippen molar-refractivity contribution >= 4 is 21.8 Å². The fraction of sp³-hybridized carbons (Fsp3) is 0.409. The number of rotatable bonds is 7. The standard InChI is InChI=1S/C22H27BrN2O4/c1-15-5-4-6-16(11-15)18(25-7-9-29-10-8-25)14-24-22(26)17-12-19(27-2)21(23)20(13-17)28-3/h4-6,11-13,18H,7-10,14H2,1-3H3,(H,24,26). The molecule has 156 valence electrons. The van der Waals surface area contributed by atoms with E-state index in [1.54, 1.807) is 26.4 Å². The predicted octanol–water partition coefficient (Wildman–Crippen LogP) is 3.58. The van der Waals surface area contributed by atoms with E-state index in [9.17, 15) is 4.79 Å². The van der Waals surface area contributed by atoms with Crippen LogP contribution >= 0.6 is 15.9 Å². The van der Waals surface area contributed by atoms with Crippen LogP contribution in [0.2, 0.25) is 0 Å². The summed E-state index contributed by atoms with van der Waals surface area (Å²) in [5.41, 5.74) is 2.89. The number of nitrogens with one attached hydrogen (secondary N) is 1. The molecule has 2 aromatic carbocycles. The number of methoxy groups -OCH3 is 2. The molecule has 1 heterocycles. The Labute approximate surface area is 180 Å². The average molecular weight is 463 g/mol. The number of nitrogens with zero attached hydrogens (tertiary/aromatic N) is 1. The van der Waals surface area contributed by atoms with Gasteiger partial charge in [-0.05, 0) is 40.5 Å². The highest BCUT2D eigenvalue weighted by Gasteiger charge is 2.24. The van der Waals surface area contributed by atoms with E-state index in [4.69, 9.17) is 14.2 Å². The number of halogens is 1. The van der Waals surface area contributed by atoms with Gasteiger partial charge in [0, 0.05) is 25.2 Å². The lowest BCUT2D eigenvalue weighted by Crippen LogP contribution is -2.43. The van der Waals surface area contributed by atoms with Crippen LogP contribution in [0.3, 0.4) is 0 Å². The molecule has 0 aromatic heterocycles. The molecule has 29 heavy (non-hydrogen) atoms. The highest BCUT2D eigenvalue weighted by atomic mass is 79.9. The molecule has 3 rings (SSSR count). The van der Waals surface area contributed by atoms with Gasteiger partial charge in [-0.25, -0.2) is 0 Å². The smallest absolute Gasteiger partial charge is 0.251 e. The van der Waals surface area contributed by atoms with Gasteiger partial charge in [0.2, 0.25) is 0 Å². The lowest BCUT2D eigenvalue weighted by Gasteiger charge is -2.35. The highest BCUT2D eigenvalue weighted by molar-refractivity contribution is 9.10. The SMILES string of the molecule is COc1cc(C(=O)NCC(c2cccc(C)c2)N2CCOCC2)cc(OC)c1Br. The summed E-state index contributed by atoms with van der Waals surface area (Å²) in [4.78, 5) is 15.3. The molecule has 0 bridgehead atoms. The molecule has 0 radical (unpaired) electrons. The summed E-state index contributed by atoms with van der Waals surface area (Å²) < 4.78 is 16.9. The summed E-state index contributed by atoms with van der Waals surface area (Å²) in [5, 5.41) is 3.09. The van der Waals surface area contributed by atoms with Gasteiger partial charge < -0.3 is 19.5 Å². The van der Waals surface area contributed by atoms with Crippen molar-refractivity contribution in [1.82, 2.24) is 10.2 Å². The Kier molecular flexibility index (Phi) is 7.52. The van der Waals surface area contributed by atoms with Gasteiger partial charge in [-0.3, -0.25) is 9.69 Å². The minimum atomic E-state index is -0.167. The van der Waals surface area contributed by atoms with Crippen LogP contribution in [-0.2, 0) is 4.74 Å². The second kappa shape index (κ2) is 10.1. The van der Waals surface area contributed by atoms with Crippen molar-refractivity contribution < 1.29 is 19.0 Å². The Hall–Kier alpha value is -2.09. The van der Waals surface area contributed by atoms with Gasteiger partial charge in [0.05, 0.1) is 33.5 Å². The van der Waals surface area contributed by atoms with Gasteiger partial charge in [0.25, 0.3) is 5.91 Å². The molecule has 6 nitrogen and oxygen atoms in total. The molecule has 1 N–H and O–H groups in total. The number of carbonyl (C=O) groups excluding carboxylic acids is 1. The molecular weight excluding hydrogens is 436 g/mol. The van der Waals surface area contributed by atoms with Gasteiger partial charge in [0.15, 0.2) is 0 Å². The number of hydrogen-bond acceptors (Lipinski definition) is 5. The first-order valence-electron chi connectivity index (χ1n) is 9.61. The number of amides is 1. The summed E-state index contributed by atoms with van der Waals surface area (Å²) >= 11 is 3.44. The molecule has 1 saturated heterocycles. The molecule has 1 aliphatic rings. The molecule has 1 amide bonds. The second-order valence-electron chi connectivity index (χ2n) is 6.98. The minimum absolute atomic E-state index is 0.0852. The van der Waals surface area contributed by atoms with Gasteiger partial charge >= 0.3 is 0 Å². The summed E-state index contributed by atoms with van der Waals surface area (Å²) in [5.74, 6) is 0.941. The third kappa shape index (κ3) is 5.29. The van der Waals surface area contributed by atoms with Crippen LogP contribution in [0.5, 0.6) is 11.5 Å². The van der Waals surface area contributed by atoms with Crippen LogP contribution in [0.25, 0.3) is 0 Å². The molecule has 7 heteroatoms. The first-order chi connectivity index (χ1) is 14.0. The molecular formula is C22H27BrN2O4. The molecule has 1 fully saturated rings. The number of carbonyl (C=O) groups is 1. The van der Waals surface area contributed by atoms with Crippen molar-refractivity contribution in [1.29, 1.82) is 0 Å². The van der Waals surface area contributed by atoms with E-state index >= 15 is 0 Å². The van der Waals surface area contributed by atoms with Crippen molar-refractivity contribution in [3.63, 3.8) is 0 Å². The van der Waals surface area contributed by atoms with Gasteiger partial charge in [-0.15, -0.1) is 0 Å². The summed E-state index contributed by atoms with van der Waals surface area (Å²) in [7, 11) is 3.13. The van der Waals surface area contributed by atoms with Crippen LogP contribution in [0.1, 0.15) is 27.5 Å². The van der Waals surface area contributed by atoms with Crippen molar-refractivity contribution in [3.8, 4) is 11.5 Å². The third-order valence-corrected chi connectivity index (χ3v) is 5.86. The van der Waals surface area contributed by atoms with Crippen LogP contribution in [0.4, 0.5) is 0 Å². The Morgan fingerprint density at radius 2 is 1.83 bits per heavy atom. The second-order valence-corrected chi connectivity index (χ2v) is 7.78. The van der Waals surface area contributed by atoms with Crippen LogP contribution in [-0.4, -0.2) is 57.9 Å². The fourth-order valence-electron chi connectivity index (χ4n) is 3.52. The lowest BCUT2D eigenvalue weighted by molar-refractivity contribution is 0.0162. The van der Waals surface area contributed by atoms with E-state index < -0.39 is 0 Å². The maximum Gasteiger partial charge on any atom is 0.251 e. The van der Waals surface area contributed by atoms with E-state index in [1.807, 2.05) is 0 Å². The van der Waals surface area contributed by atoms with Crippen LogP contribution < -0.4 is 14.8 Å². The van der Waals surface area contributed by atoms with E-state index in [-0.39, 0.29) is 11.9 Å². The number of hydrogen-bond donors (Lipinski definition) is 1. The van der Waals surface area contributed by atoms with E-state index in [1.165, 1.54) is 11.1 Å². The van der Waals surface area contributed by atoms with Crippen LogP contribution in [0.15, 0.2) is 40.9 Å². The molecule has 1 unspecified atom stereocenters. The molecule has 1 atom stereocenters. The molecule has 0 aliphatic carbocycles. The topological polar surface area (TPSA) is 60.0 Å². The Morgan fingerprint density at radius 3 is 2.41 bits per heavy atom. The quantitative estimate of drug-likeness (QED) is 0.681. The molecule has 0 spiro atoms. The van der Waals surface area contributed by atoms with Gasteiger partial charge in [0.1, 0.15) is 16.0 Å². The van der Waals surface area contributed by atoms with E-state index in [2.05, 4.69) is 57.3 Å². The first-order valence-corrected chi connectivity index (χ1v) is 10.4. The zero-order valence-corrected chi connectivity index (χ0v) is 18.6. The largest absolute Gasteiger partial charge is 0.495 e. The summed E-state index contributed by atoms with van der Waals surface area (Å²) in [6, 6.07) is 11.9. The lowest BCUT2D eigenvalue weighted by atomic mass is 10.0. The minimum Gasteiger partial charge on any atom is -0.495 e. The third-order valence-electron chi connectivity index (χ3n) is 5.08. The Morgan fingerprint density at radius 1 is 1.17 bits per heavy atom. The number of aryl methyl sites for hydroxylation is 1. The fourth-order valence-corrected chi connectivity index (χ4v) is 4.07. The molecule has 1 aliphatic heterocycles. The van der Waals surface area contributed by atoms with Gasteiger partial charge in [-0.1, -0.05) is 29.8 Å².